The Balaban J connectivity index is 1.84. The fraction of sp³-hybridized carbons (Fsp3) is 0.619. The summed E-state index contributed by atoms with van der Waals surface area (Å²) in [5.74, 6) is 0.660. The summed E-state index contributed by atoms with van der Waals surface area (Å²) in [6.45, 7) is 3.79. The van der Waals surface area contributed by atoms with Crippen molar-refractivity contribution in [3.8, 4) is 0 Å². The quantitative estimate of drug-likeness (QED) is 0.762. The Morgan fingerprint density at radius 2 is 1.80 bits per heavy atom. The van der Waals surface area contributed by atoms with Gasteiger partial charge in [-0.05, 0) is 62.2 Å². The van der Waals surface area contributed by atoms with E-state index in [-0.39, 0.29) is 0 Å². The summed E-state index contributed by atoms with van der Waals surface area (Å²) >= 11 is 0. The first-order chi connectivity index (χ1) is 12.2. The molecule has 4 nitrogen and oxygen atoms in total. The first kappa shape index (κ1) is 18.1. The van der Waals surface area contributed by atoms with Gasteiger partial charge in [0, 0.05) is 25.3 Å². The molecule has 25 heavy (non-hydrogen) atoms. The summed E-state index contributed by atoms with van der Waals surface area (Å²) in [4.78, 5) is 9.04. The van der Waals surface area contributed by atoms with Crippen molar-refractivity contribution in [1.82, 2.24) is 5.32 Å². The molecule has 2 fully saturated rings. The van der Waals surface area contributed by atoms with Gasteiger partial charge in [-0.15, -0.1) is 0 Å². The maximum atomic E-state index is 6.06. The molecule has 0 spiro atoms. The van der Waals surface area contributed by atoms with Gasteiger partial charge in [0.05, 0.1) is 11.4 Å². The van der Waals surface area contributed by atoms with Crippen LogP contribution in [-0.2, 0) is 0 Å². The molecule has 3 aliphatic rings. The van der Waals surface area contributed by atoms with E-state index in [2.05, 4.69) is 34.0 Å². The van der Waals surface area contributed by atoms with Gasteiger partial charge < -0.3 is 11.1 Å². The van der Waals surface area contributed by atoms with Crippen LogP contribution >= 0.6 is 0 Å². The smallest absolute Gasteiger partial charge is 0.111 e. The zero-order valence-corrected chi connectivity index (χ0v) is 15.5. The van der Waals surface area contributed by atoms with E-state index in [4.69, 9.17) is 5.73 Å². The highest BCUT2D eigenvalue weighted by Crippen LogP contribution is 2.33. The van der Waals surface area contributed by atoms with Gasteiger partial charge in [0.15, 0.2) is 0 Å². The molecule has 2 saturated carbocycles. The largest absolute Gasteiger partial charge is 0.380 e. The second-order valence-corrected chi connectivity index (χ2v) is 7.56. The Hall–Kier alpha value is -1.68. The van der Waals surface area contributed by atoms with E-state index >= 15 is 0 Å². The Morgan fingerprint density at radius 1 is 1.08 bits per heavy atom. The highest BCUT2D eigenvalue weighted by atomic mass is 15.0. The monoisotopic (exact) mass is 340 g/mol. The molecule has 0 aromatic carbocycles. The van der Waals surface area contributed by atoms with Crippen LogP contribution in [-0.4, -0.2) is 30.6 Å². The molecule has 0 heterocycles. The third-order valence-corrected chi connectivity index (χ3v) is 5.78. The molecule has 0 saturated heterocycles. The molecule has 0 bridgehead atoms. The molecule has 3 N–H and O–H groups in total. The van der Waals surface area contributed by atoms with Gasteiger partial charge in [-0.25, -0.2) is 0 Å². The lowest BCUT2D eigenvalue weighted by Crippen LogP contribution is -2.40. The van der Waals surface area contributed by atoms with Gasteiger partial charge in [0.1, 0.15) is 5.71 Å². The maximum Gasteiger partial charge on any atom is 0.111 e. The minimum absolute atomic E-state index is 0.366. The van der Waals surface area contributed by atoms with Crippen molar-refractivity contribution in [2.45, 2.75) is 69.9 Å². The Labute approximate surface area is 152 Å². The van der Waals surface area contributed by atoms with E-state index in [1.807, 2.05) is 7.05 Å². The van der Waals surface area contributed by atoms with Crippen molar-refractivity contribution in [3.05, 3.63) is 36.2 Å². The highest BCUT2D eigenvalue weighted by molar-refractivity contribution is 6.53. The summed E-state index contributed by atoms with van der Waals surface area (Å²) in [5, 5.41) is 3.75. The van der Waals surface area contributed by atoms with Gasteiger partial charge in [-0.2, -0.15) is 0 Å². The maximum absolute atomic E-state index is 6.06. The van der Waals surface area contributed by atoms with Crippen LogP contribution in [0.15, 0.2) is 46.2 Å². The summed E-state index contributed by atoms with van der Waals surface area (Å²) in [6, 6.07) is 0.843. The van der Waals surface area contributed by atoms with Crippen LogP contribution in [0.4, 0.5) is 0 Å². The van der Waals surface area contributed by atoms with Crippen LogP contribution < -0.4 is 11.1 Å². The number of nitrogens with two attached hydrogens (primary N) is 1. The molecule has 0 aliphatic heterocycles. The van der Waals surface area contributed by atoms with Crippen LogP contribution in [0.5, 0.6) is 0 Å². The van der Waals surface area contributed by atoms with Crippen molar-refractivity contribution in [1.29, 1.82) is 0 Å². The molecule has 136 valence electrons. The molecule has 0 aromatic rings. The summed E-state index contributed by atoms with van der Waals surface area (Å²) in [6.07, 6.45) is 17.3. The second-order valence-electron chi connectivity index (χ2n) is 7.56. The molecule has 0 atom stereocenters. The molecule has 0 unspecified atom stereocenters. The van der Waals surface area contributed by atoms with Crippen molar-refractivity contribution in [2.24, 2.45) is 21.6 Å². The summed E-state index contributed by atoms with van der Waals surface area (Å²) < 4.78 is 0. The molecular weight excluding hydrogens is 308 g/mol. The fourth-order valence-corrected chi connectivity index (χ4v) is 4.30. The van der Waals surface area contributed by atoms with Crippen molar-refractivity contribution in [3.63, 3.8) is 0 Å². The minimum Gasteiger partial charge on any atom is -0.380 e. The normalized spacial score (nSPS) is 31.6. The predicted molar refractivity (Wildman–Crippen MR) is 107 cm³/mol. The molecule has 4 heteroatoms. The molecule has 0 amide bonds. The molecule has 3 aliphatic carbocycles. The van der Waals surface area contributed by atoms with E-state index in [1.165, 1.54) is 37.7 Å². The van der Waals surface area contributed by atoms with Gasteiger partial charge in [0.25, 0.3) is 0 Å². The van der Waals surface area contributed by atoms with E-state index in [0.717, 1.165) is 42.8 Å². The number of aliphatic imine (C=N–C) groups is 2. The van der Waals surface area contributed by atoms with Crippen molar-refractivity contribution < 1.29 is 0 Å². The molecule has 0 aromatic heterocycles. The van der Waals surface area contributed by atoms with E-state index in [9.17, 15) is 0 Å². The molecular formula is C21H32N4. The van der Waals surface area contributed by atoms with E-state index < -0.39 is 0 Å². The number of hydrogen-bond acceptors (Lipinski definition) is 4. The lowest BCUT2D eigenvalue weighted by molar-refractivity contribution is 0.363. The average molecular weight is 341 g/mol. The van der Waals surface area contributed by atoms with Gasteiger partial charge in [-0.1, -0.05) is 25.8 Å². The molecule has 0 radical (unpaired) electrons. The zero-order valence-electron chi connectivity index (χ0n) is 15.5. The highest BCUT2D eigenvalue weighted by Gasteiger charge is 2.26. The Kier molecular flexibility index (Phi) is 6.24. The van der Waals surface area contributed by atoms with Crippen LogP contribution in [0.1, 0.15) is 57.8 Å². The number of nitrogens with zero attached hydrogens (tertiary/aromatic N) is 2. The van der Waals surface area contributed by atoms with Crippen LogP contribution in [0.3, 0.4) is 0 Å². The SMILES string of the molecule is C=C/N=C1/C(N[C@H]2CC[C@@H](N)CC2)=CC(C2CCCCC2)=C/C1=N/C. The topological polar surface area (TPSA) is 62.8 Å². The third kappa shape index (κ3) is 4.49. The van der Waals surface area contributed by atoms with E-state index in [0.29, 0.717) is 18.0 Å². The van der Waals surface area contributed by atoms with Crippen molar-refractivity contribution in [2.75, 3.05) is 7.05 Å². The lowest BCUT2D eigenvalue weighted by Gasteiger charge is -2.31. The van der Waals surface area contributed by atoms with Gasteiger partial charge in [-0.3, -0.25) is 9.98 Å². The predicted octanol–water partition coefficient (Wildman–Crippen LogP) is 3.91. The summed E-state index contributed by atoms with van der Waals surface area (Å²) in [5.41, 5.74) is 10.5. The first-order valence-corrected chi connectivity index (χ1v) is 9.83. The number of rotatable bonds is 4. The van der Waals surface area contributed by atoms with E-state index in [1.54, 1.807) is 6.20 Å². The van der Waals surface area contributed by atoms with Crippen LogP contribution in [0.25, 0.3) is 0 Å². The third-order valence-electron chi connectivity index (χ3n) is 5.78. The standard InChI is InChI=1S/C21H32N4/c1-3-24-21-19(23-2)13-16(15-7-5-4-6-8-15)14-20(21)25-18-11-9-17(22)10-12-18/h3,13-15,17-18,25H,1,4-12,22H2,2H3/b23-19-,24-21+/t17-,18+. The number of hydrogen-bond donors (Lipinski definition) is 2. The Morgan fingerprint density at radius 3 is 2.44 bits per heavy atom. The van der Waals surface area contributed by atoms with Crippen LogP contribution in [0, 0.1) is 5.92 Å². The van der Waals surface area contributed by atoms with Gasteiger partial charge in [0.2, 0.25) is 0 Å². The second kappa shape index (κ2) is 8.61. The number of nitrogens with one attached hydrogen (secondary N) is 1. The average Bonchev–Trinajstić information content (AvgIpc) is 2.65. The summed E-state index contributed by atoms with van der Waals surface area (Å²) in [7, 11) is 1.85. The first-order valence-electron chi connectivity index (χ1n) is 9.83. The Bertz CT molecular complexity index is 597. The zero-order chi connectivity index (χ0) is 17.6. The van der Waals surface area contributed by atoms with Crippen LogP contribution in [0.2, 0.25) is 0 Å². The fourth-order valence-electron chi connectivity index (χ4n) is 4.30. The molecule has 3 rings (SSSR count). The van der Waals surface area contributed by atoms with Crippen molar-refractivity contribution >= 4 is 11.4 Å². The van der Waals surface area contributed by atoms with Gasteiger partial charge >= 0.3 is 0 Å². The lowest BCUT2D eigenvalue weighted by atomic mass is 9.80. The number of allylic oxidation sites excluding steroid dienone is 4. The minimum atomic E-state index is 0.366.